The van der Waals surface area contributed by atoms with Crippen LogP contribution in [-0.2, 0) is 33.2 Å². The second kappa shape index (κ2) is 8.19. The minimum absolute atomic E-state index is 0.0218. The van der Waals surface area contributed by atoms with Crippen molar-refractivity contribution in [1.29, 1.82) is 0 Å². The number of hydrogen-bond donors (Lipinski definition) is 1. The minimum atomic E-state index is -0.752. The molecule has 0 spiro atoms. The van der Waals surface area contributed by atoms with Gasteiger partial charge in [-0.1, -0.05) is 24.3 Å². The first kappa shape index (κ1) is 19.8. The highest BCUT2D eigenvalue weighted by Gasteiger charge is 2.52. The molecule has 10 atom stereocenters. The first-order valence-corrected chi connectivity index (χ1v) is 10.4. The molecule has 1 N–H and O–H groups in total. The average Bonchev–Trinajstić information content (AvgIpc) is 3.02. The van der Waals surface area contributed by atoms with Gasteiger partial charge in [-0.15, -0.1) is 0 Å². The zero-order chi connectivity index (χ0) is 20.0. The van der Waals surface area contributed by atoms with Crippen LogP contribution in [0.3, 0.4) is 0 Å². The summed E-state index contributed by atoms with van der Waals surface area (Å²) in [7, 11) is 0. The van der Waals surface area contributed by atoms with Gasteiger partial charge in [0.2, 0.25) is 0 Å². The summed E-state index contributed by atoms with van der Waals surface area (Å²) < 4.78 is 36.1. The quantitative estimate of drug-likeness (QED) is 0.667. The molecule has 0 radical (unpaired) electrons. The molecule has 5 aliphatic rings. The number of aliphatic hydroxyl groups excluding tert-OH is 1. The van der Waals surface area contributed by atoms with E-state index in [1.54, 1.807) is 0 Å². The molecule has 29 heavy (non-hydrogen) atoms. The zero-order valence-electron chi connectivity index (χ0n) is 16.4. The van der Waals surface area contributed by atoms with Crippen molar-refractivity contribution in [1.82, 2.24) is 0 Å². The highest BCUT2D eigenvalue weighted by Crippen LogP contribution is 2.38. The van der Waals surface area contributed by atoms with Gasteiger partial charge < -0.3 is 33.5 Å². The minimum Gasteiger partial charge on any atom is -0.387 e. The van der Waals surface area contributed by atoms with E-state index < -0.39 is 24.6 Å². The van der Waals surface area contributed by atoms with Crippen molar-refractivity contribution in [2.45, 2.75) is 87.4 Å². The van der Waals surface area contributed by atoms with Crippen LogP contribution in [0.25, 0.3) is 0 Å². The van der Waals surface area contributed by atoms with E-state index in [-0.39, 0.29) is 48.8 Å². The third-order valence-corrected chi connectivity index (χ3v) is 6.24. The zero-order valence-corrected chi connectivity index (χ0v) is 16.4. The van der Waals surface area contributed by atoms with Gasteiger partial charge in [0.15, 0.2) is 6.29 Å². The molecule has 0 aromatic rings. The van der Waals surface area contributed by atoms with Gasteiger partial charge >= 0.3 is 0 Å². The van der Waals surface area contributed by atoms with E-state index in [4.69, 9.17) is 28.4 Å². The predicted molar refractivity (Wildman–Crippen MR) is 99.2 cm³/mol. The molecule has 0 aromatic carbocycles. The van der Waals surface area contributed by atoms with Gasteiger partial charge in [-0.25, -0.2) is 0 Å². The van der Waals surface area contributed by atoms with Gasteiger partial charge in [-0.3, -0.25) is 4.79 Å². The third-order valence-electron chi connectivity index (χ3n) is 6.24. The van der Waals surface area contributed by atoms with Crippen LogP contribution in [0.2, 0.25) is 0 Å². The second-order valence-electron chi connectivity index (χ2n) is 8.38. The fourth-order valence-corrected chi connectivity index (χ4v) is 4.83. The molecule has 0 amide bonds. The summed E-state index contributed by atoms with van der Waals surface area (Å²) in [5, 5.41) is 10.9. The molecule has 0 unspecified atom stereocenters. The Balaban J connectivity index is 1.29. The number of hydrogen-bond acceptors (Lipinski definition) is 8. The summed E-state index contributed by atoms with van der Waals surface area (Å²) in [4.78, 5) is 11.4. The number of Topliss-reactive ketones (excluding diaryl/α,β-unsaturated/α-hetero) is 1. The Morgan fingerprint density at radius 2 is 1.72 bits per heavy atom. The van der Waals surface area contributed by atoms with Crippen molar-refractivity contribution >= 4 is 5.78 Å². The van der Waals surface area contributed by atoms with E-state index in [1.165, 1.54) is 6.92 Å². The van der Waals surface area contributed by atoms with Crippen LogP contribution in [0.15, 0.2) is 24.3 Å². The molecule has 0 bridgehead atoms. The van der Waals surface area contributed by atoms with Gasteiger partial charge in [0.05, 0.1) is 37.9 Å². The fourth-order valence-electron chi connectivity index (χ4n) is 4.83. The Labute approximate surface area is 169 Å². The molecule has 0 aromatic heterocycles. The van der Waals surface area contributed by atoms with Crippen LogP contribution in [0, 0.1) is 0 Å². The van der Waals surface area contributed by atoms with Crippen molar-refractivity contribution in [2.75, 3.05) is 13.2 Å². The molecule has 8 heteroatoms. The standard InChI is InChI=1S/C21H28O8/c1-11(22)8-18-25-10-17-13(28-18)6-5-12-15(27-17)9-16-21(29-12)19(23)20-14(26-16)4-2-3-7-24-20/h2-3,5-6,12-21,23H,4,7-10H2,1H3/t12-,13+,14+,15+,16-,17-,18-,19-,20+,21-/m1/s1. The highest BCUT2D eigenvalue weighted by atomic mass is 16.7. The Morgan fingerprint density at radius 1 is 0.931 bits per heavy atom. The first-order valence-electron chi connectivity index (χ1n) is 10.4. The topological polar surface area (TPSA) is 92.7 Å². The summed E-state index contributed by atoms with van der Waals surface area (Å²) in [6, 6.07) is 0. The Hall–Kier alpha value is -1.13. The molecule has 5 aliphatic heterocycles. The molecule has 5 heterocycles. The Bertz CT molecular complexity index is 678. The molecular weight excluding hydrogens is 380 g/mol. The molecule has 3 fully saturated rings. The van der Waals surface area contributed by atoms with Crippen molar-refractivity contribution in [3.63, 3.8) is 0 Å². The van der Waals surface area contributed by atoms with Crippen LogP contribution in [0.4, 0.5) is 0 Å². The number of aliphatic hydroxyl groups is 1. The van der Waals surface area contributed by atoms with Crippen LogP contribution in [0.5, 0.6) is 0 Å². The van der Waals surface area contributed by atoms with Gasteiger partial charge in [0.1, 0.15) is 42.4 Å². The highest BCUT2D eigenvalue weighted by molar-refractivity contribution is 5.75. The number of fused-ring (bicyclic) bond motifs is 4. The van der Waals surface area contributed by atoms with Crippen LogP contribution in [-0.4, -0.2) is 85.3 Å². The van der Waals surface area contributed by atoms with E-state index in [2.05, 4.69) is 0 Å². The fraction of sp³-hybridized carbons (Fsp3) is 0.762. The van der Waals surface area contributed by atoms with Crippen molar-refractivity contribution in [3.8, 4) is 0 Å². The van der Waals surface area contributed by atoms with E-state index in [9.17, 15) is 9.90 Å². The van der Waals surface area contributed by atoms with Crippen LogP contribution >= 0.6 is 0 Å². The Morgan fingerprint density at radius 3 is 2.55 bits per heavy atom. The summed E-state index contributed by atoms with van der Waals surface area (Å²) in [5.41, 5.74) is 0. The largest absolute Gasteiger partial charge is 0.387 e. The van der Waals surface area contributed by atoms with Crippen molar-refractivity contribution < 1.29 is 38.3 Å². The van der Waals surface area contributed by atoms with Gasteiger partial charge in [0.25, 0.3) is 0 Å². The number of ketones is 1. The maximum absolute atomic E-state index is 11.4. The Kier molecular flexibility index (Phi) is 5.59. The lowest BCUT2D eigenvalue weighted by atomic mass is 9.87. The molecular formula is C21H28O8. The van der Waals surface area contributed by atoms with E-state index >= 15 is 0 Å². The molecule has 0 saturated carbocycles. The first-order chi connectivity index (χ1) is 14.1. The molecule has 8 nitrogen and oxygen atoms in total. The summed E-state index contributed by atoms with van der Waals surface area (Å²) in [5.74, 6) is 0.0218. The number of carbonyl (C=O) groups excluding carboxylic acids is 1. The summed E-state index contributed by atoms with van der Waals surface area (Å²) in [6.07, 6.45) is 5.71. The molecule has 3 saturated heterocycles. The van der Waals surface area contributed by atoms with Gasteiger partial charge in [0, 0.05) is 6.42 Å². The molecule has 160 valence electrons. The smallest absolute Gasteiger partial charge is 0.165 e. The summed E-state index contributed by atoms with van der Waals surface area (Å²) >= 11 is 0. The molecule has 0 aliphatic carbocycles. The van der Waals surface area contributed by atoms with Crippen molar-refractivity contribution in [3.05, 3.63) is 24.3 Å². The lowest BCUT2D eigenvalue weighted by molar-refractivity contribution is -0.298. The van der Waals surface area contributed by atoms with E-state index in [0.29, 0.717) is 26.1 Å². The second-order valence-corrected chi connectivity index (χ2v) is 8.38. The van der Waals surface area contributed by atoms with Crippen LogP contribution < -0.4 is 0 Å². The number of ether oxygens (including phenoxy) is 6. The third kappa shape index (κ3) is 3.95. The average molecular weight is 408 g/mol. The monoisotopic (exact) mass is 408 g/mol. The van der Waals surface area contributed by atoms with Gasteiger partial charge in [-0.2, -0.15) is 0 Å². The van der Waals surface area contributed by atoms with E-state index in [1.807, 2.05) is 24.3 Å². The van der Waals surface area contributed by atoms with E-state index in [0.717, 1.165) is 0 Å². The summed E-state index contributed by atoms with van der Waals surface area (Å²) in [6.45, 7) is 2.35. The van der Waals surface area contributed by atoms with Crippen molar-refractivity contribution in [2.24, 2.45) is 0 Å². The SMILES string of the molecule is CC(=O)C[C@@H]1OC[C@H]2O[C@H]3C[C@H]4O[C@H]5CC=CCO[C@@H]5[C@@H](O)[C@@H]4O[C@@H]3C=C[C@@H]2O1. The predicted octanol–water partition coefficient (Wildman–Crippen LogP) is 0.662. The lowest BCUT2D eigenvalue weighted by Crippen LogP contribution is -2.63. The maximum atomic E-state index is 11.4. The number of carbonyl (C=O) groups is 1. The van der Waals surface area contributed by atoms with Gasteiger partial charge in [-0.05, 0) is 13.3 Å². The maximum Gasteiger partial charge on any atom is 0.165 e. The molecule has 5 rings (SSSR count). The number of rotatable bonds is 2. The van der Waals surface area contributed by atoms with Crippen LogP contribution in [0.1, 0.15) is 26.2 Å². The normalized spacial score (nSPS) is 49.0. The lowest BCUT2D eigenvalue weighted by Gasteiger charge is -2.49.